The normalized spacial score (nSPS) is 11.1. The molecule has 17 heavy (non-hydrogen) atoms. The van der Waals surface area contributed by atoms with Crippen molar-refractivity contribution in [2.24, 2.45) is 0 Å². The van der Waals surface area contributed by atoms with Crippen LogP contribution >= 0.6 is 11.7 Å². The molecule has 86 valence electrons. The lowest BCUT2D eigenvalue weighted by molar-refractivity contribution is -0.383. The van der Waals surface area contributed by atoms with E-state index >= 15 is 0 Å². The van der Waals surface area contributed by atoms with Gasteiger partial charge >= 0.3 is 11.7 Å². The Labute approximate surface area is 98.5 Å². The molecule has 2 rings (SSSR count). The van der Waals surface area contributed by atoms with Gasteiger partial charge in [-0.05, 0) is 18.2 Å². The molecule has 0 aliphatic rings. The standard InChI is InChI=1S/C9H5N3O4S/c13-7(14)4-2-5-1-3-6-8(11-17-10-6)9(5)12(15)16/h1-4H,(H,13,14). The van der Waals surface area contributed by atoms with E-state index in [1.165, 1.54) is 12.1 Å². The van der Waals surface area contributed by atoms with Crippen LogP contribution in [0.25, 0.3) is 17.1 Å². The highest BCUT2D eigenvalue weighted by molar-refractivity contribution is 7.00. The molecule has 0 spiro atoms. The van der Waals surface area contributed by atoms with E-state index < -0.39 is 10.9 Å². The van der Waals surface area contributed by atoms with Gasteiger partial charge in [-0.1, -0.05) is 0 Å². The van der Waals surface area contributed by atoms with E-state index in [0.717, 1.165) is 17.8 Å². The summed E-state index contributed by atoms with van der Waals surface area (Å²) in [6, 6.07) is 3.01. The van der Waals surface area contributed by atoms with Gasteiger partial charge in [0, 0.05) is 6.08 Å². The first-order chi connectivity index (χ1) is 8.09. The Morgan fingerprint density at radius 2 is 2.24 bits per heavy atom. The number of fused-ring (bicyclic) bond motifs is 1. The molecule has 1 heterocycles. The van der Waals surface area contributed by atoms with E-state index in [0.29, 0.717) is 5.52 Å². The number of nitro groups is 1. The predicted molar refractivity (Wildman–Crippen MR) is 60.7 cm³/mol. The molecule has 0 aliphatic heterocycles. The second-order valence-corrected chi connectivity index (χ2v) is 3.59. The molecule has 7 nitrogen and oxygen atoms in total. The molecule has 1 N–H and O–H groups in total. The van der Waals surface area contributed by atoms with Gasteiger partial charge in [0.15, 0.2) is 5.52 Å². The fourth-order valence-corrected chi connectivity index (χ4v) is 1.88. The fraction of sp³-hybridized carbons (Fsp3) is 0. The number of hydrogen-bond donors (Lipinski definition) is 1. The van der Waals surface area contributed by atoms with Crippen LogP contribution in [-0.2, 0) is 4.79 Å². The molecule has 1 aromatic carbocycles. The highest BCUT2D eigenvalue weighted by Gasteiger charge is 2.19. The molecule has 1 aromatic heterocycles. The first kappa shape index (κ1) is 11.1. The minimum absolute atomic E-state index is 0.174. The van der Waals surface area contributed by atoms with Crippen LogP contribution < -0.4 is 0 Å². The lowest BCUT2D eigenvalue weighted by Crippen LogP contribution is -1.94. The summed E-state index contributed by atoms with van der Waals surface area (Å²) in [6.45, 7) is 0. The molecular formula is C9H5N3O4S. The summed E-state index contributed by atoms with van der Waals surface area (Å²) in [7, 11) is 0. The zero-order valence-corrected chi connectivity index (χ0v) is 9.05. The van der Waals surface area contributed by atoms with Crippen molar-refractivity contribution in [2.45, 2.75) is 0 Å². The number of nitro benzene ring substituents is 1. The molecule has 0 radical (unpaired) electrons. The van der Waals surface area contributed by atoms with E-state index in [-0.39, 0.29) is 16.8 Å². The van der Waals surface area contributed by atoms with Crippen molar-refractivity contribution in [3.05, 3.63) is 33.9 Å². The van der Waals surface area contributed by atoms with Crippen LogP contribution in [0.2, 0.25) is 0 Å². The smallest absolute Gasteiger partial charge is 0.328 e. The highest BCUT2D eigenvalue weighted by atomic mass is 32.1. The van der Waals surface area contributed by atoms with Gasteiger partial charge in [0.25, 0.3) is 0 Å². The van der Waals surface area contributed by atoms with E-state index in [1.807, 2.05) is 0 Å². The monoisotopic (exact) mass is 251 g/mol. The molecular weight excluding hydrogens is 246 g/mol. The molecule has 0 saturated carbocycles. The summed E-state index contributed by atoms with van der Waals surface area (Å²) >= 11 is 0.873. The quantitative estimate of drug-likeness (QED) is 0.505. The lowest BCUT2D eigenvalue weighted by Gasteiger charge is -1.97. The van der Waals surface area contributed by atoms with Crippen molar-refractivity contribution in [1.29, 1.82) is 0 Å². The number of carbonyl (C=O) groups is 1. The number of aliphatic carboxylic acids is 1. The first-order valence-corrected chi connectivity index (χ1v) is 5.13. The van der Waals surface area contributed by atoms with Gasteiger partial charge in [0.05, 0.1) is 22.2 Å². The van der Waals surface area contributed by atoms with Crippen LogP contribution in [0.1, 0.15) is 5.56 Å². The predicted octanol–water partition coefficient (Wildman–Crippen LogP) is 1.70. The van der Waals surface area contributed by atoms with E-state index in [2.05, 4.69) is 8.75 Å². The third kappa shape index (κ3) is 2.11. The maximum Gasteiger partial charge on any atom is 0.328 e. The van der Waals surface area contributed by atoms with Crippen LogP contribution in [0.3, 0.4) is 0 Å². The summed E-state index contributed by atoms with van der Waals surface area (Å²) in [6.07, 6.45) is 2.01. The summed E-state index contributed by atoms with van der Waals surface area (Å²) in [5.74, 6) is -1.17. The summed E-state index contributed by atoms with van der Waals surface area (Å²) in [5, 5.41) is 19.4. The third-order valence-corrected chi connectivity index (χ3v) is 2.56. The van der Waals surface area contributed by atoms with E-state index in [1.54, 1.807) is 6.07 Å². The number of aromatic nitrogens is 2. The summed E-state index contributed by atoms with van der Waals surface area (Å²) in [5.41, 5.74) is 0.563. The summed E-state index contributed by atoms with van der Waals surface area (Å²) < 4.78 is 7.72. The van der Waals surface area contributed by atoms with Crippen molar-refractivity contribution in [3.8, 4) is 0 Å². The molecule has 2 aromatic rings. The van der Waals surface area contributed by atoms with Crippen molar-refractivity contribution < 1.29 is 14.8 Å². The zero-order valence-electron chi connectivity index (χ0n) is 8.23. The first-order valence-electron chi connectivity index (χ1n) is 4.40. The average molecular weight is 251 g/mol. The van der Waals surface area contributed by atoms with Crippen molar-refractivity contribution in [1.82, 2.24) is 8.75 Å². The Hall–Kier alpha value is -2.35. The van der Waals surface area contributed by atoms with Gasteiger partial charge < -0.3 is 5.11 Å². The molecule has 0 saturated heterocycles. The van der Waals surface area contributed by atoms with Crippen molar-refractivity contribution in [3.63, 3.8) is 0 Å². The lowest BCUT2D eigenvalue weighted by atomic mass is 10.1. The average Bonchev–Trinajstić information content (AvgIpc) is 2.72. The fourth-order valence-electron chi connectivity index (χ4n) is 1.34. The van der Waals surface area contributed by atoms with Crippen molar-refractivity contribution in [2.75, 3.05) is 0 Å². The number of benzene rings is 1. The second-order valence-electron chi connectivity index (χ2n) is 3.06. The zero-order chi connectivity index (χ0) is 12.4. The topological polar surface area (TPSA) is 106 Å². The maximum absolute atomic E-state index is 10.9. The second kappa shape index (κ2) is 4.26. The molecule has 0 fully saturated rings. The number of rotatable bonds is 3. The minimum Gasteiger partial charge on any atom is -0.478 e. The van der Waals surface area contributed by atoms with Crippen LogP contribution in [0.15, 0.2) is 18.2 Å². The van der Waals surface area contributed by atoms with Crippen LogP contribution in [-0.4, -0.2) is 24.7 Å². The summed E-state index contributed by atoms with van der Waals surface area (Å²) in [4.78, 5) is 20.7. The number of nitrogens with zero attached hydrogens (tertiary/aromatic N) is 3. The third-order valence-electron chi connectivity index (χ3n) is 2.02. The maximum atomic E-state index is 10.9. The van der Waals surface area contributed by atoms with Gasteiger partial charge in [-0.3, -0.25) is 10.1 Å². The molecule has 8 heteroatoms. The molecule has 0 bridgehead atoms. The van der Waals surface area contributed by atoms with Gasteiger partial charge in [0.1, 0.15) is 5.52 Å². The molecule has 0 aliphatic carbocycles. The highest BCUT2D eigenvalue weighted by Crippen LogP contribution is 2.28. The Morgan fingerprint density at radius 3 is 2.88 bits per heavy atom. The van der Waals surface area contributed by atoms with E-state index in [9.17, 15) is 14.9 Å². The van der Waals surface area contributed by atoms with E-state index in [4.69, 9.17) is 5.11 Å². The molecule has 0 atom stereocenters. The Kier molecular flexibility index (Phi) is 2.79. The number of hydrogen-bond acceptors (Lipinski definition) is 6. The minimum atomic E-state index is -1.17. The van der Waals surface area contributed by atoms with Gasteiger partial charge in [-0.2, -0.15) is 8.75 Å². The van der Waals surface area contributed by atoms with Crippen LogP contribution in [0.4, 0.5) is 5.69 Å². The number of carboxylic acids is 1. The Morgan fingerprint density at radius 1 is 1.47 bits per heavy atom. The molecule has 0 amide bonds. The van der Waals surface area contributed by atoms with Crippen LogP contribution in [0.5, 0.6) is 0 Å². The van der Waals surface area contributed by atoms with Crippen LogP contribution in [0, 0.1) is 10.1 Å². The molecule has 0 unspecified atom stereocenters. The van der Waals surface area contributed by atoms with Crippen molar-refractivity contribution >= 4 is 40.5 Å². The number of carboxylic acid groups (broad SMARTS) is 1. The Bertz CT molecular complexity index is 634. The van der Waals surface area contributed by atoms with Gasteiger partial charge in [0.2, 0.25) is 0 Å². The Balaban J connectivity index is 2.66. The largest absolute Gasteiger partial charge is 0.478 e. The van der Waals surface area contributed by atoms with Gasteiger partial charge in [-0.15, -0.1) is 0 Å². The SMILES string of the molecule is O=C(O)C=Cc1ccc2nsnc2c1[N+](=O)[O-]. The van der Waals surface area contributed by atoms with Gasteiger partial charge in [-0.25, -0.2) is 4.79 Å².